The van der Waals surface area contributed by atoms with Crippen molar-refractivity contribution in [3.05, 3.63) is 80.5 Å². The molecule has 172 valence electrons. The van der Waals surface area contributed by atoms with Gasteiger partial charge in [-0.2, -0.15) is 0 Å². The maximum absolute atomic E-state index is 12.9. The van der Waals surface area contributed by atoms with Crippen molar-refractivity contribution >= 4 is 34.1 Å². The van der Waals surface area contributed by atoms with Gasteiger partial charge in [0.1, 0.15) is 16.4 Å². The second-order valence-electron chi connectivity index (χ2n) is 7.20. The van der Waals surface area contributed by atoms with Crippen LogP contribution < -0.4 is 21.3 Å². The minimum Gasteiger partial charge on any atom is -0.495 e. The van der Waals surface area contributed by atoms with E-state index in [1.807, 2.05) is 19.1 Å². The number of nitrogens with zero attached hydrogens (tertiary/aromatic N) is 3. The highest BCUT2D eigenvalue weighted by Gasteiger charge is 2.22. The zero-order chi connectivity index (χ0) is 24.1. The van der Waals surface area contributed by atoms with E-state index in [0.29, 0.717) is 17.1 Å². The molecule has 0 unspecified atom stereocenters. The Hall–Kier alpha value is -3.79. The summed E-state index contributed by atoms with van der Waals surface area (Å²) in [5.74, 6) is -0.475. The van der Waals surface area contributed by atoms with Crippen LogP contribution in [0.3, 0.4) is 0 Å². The first-order valence-corrected chi connectivity index (χ1v) is 10.9. The molecule has 0 saturated heterocycles. The van der Waals surface area contributed by atoms with Crippen molar-refractivity contribution < 1.29 is 14.6 Å². The average molecular weight is 469 g/mol. The minimum absolute atomic E-state index is 0.103. The number of benzene rings is 2. The fourth-order valence-corrected chi connectivity index (χ4v) is 3.90. The fourth-order valence-electron chi connectivity index (χ4n) is 3.06. The molecule has 0 radical (unpaired) electrons. The van der Waals surface area contributed by atoms with Gasteiger partial charge in [-0.1, -0.05) is 36.0 Å². The van der Waals surface area contributed by atoms with E-state index in [2.05, 4.69) is 10.3 Å². The lowest BCUT2D eigenvalue weighted by atomic mass is 10.2. The smallest absolute Gasteiger partial charge is 0.333 e. The van der Waals surface area contributed by atoms with E-state index in [1.165, 1.54) is 21.2 Å². The summed E-state index contributed by atoms with van der Waals surface area (Å²) >= 11 is 0.976. The molecule has 3 rings (SSSR count). The summed E-state index contributed by atoms with van der Waals surface area (Å²) in [5.41, 5.74) is 0.458. The number of aromatic hydroxyl groups is 1. The number of carbonyl (C=O) groups is 1. The Morgan fingerprint density at radius 2 is 1.85 bits per heavy atom. The lowest BCUT2D eigenvalue weighted by Gasteiger charge is -2.13. The van der Waals surface area contributed by atoms with Crippen LogP contribution in [0.5, 0.6) is 11.6 Å². The Morgan fingerprint density at radius 3 is 2.55 bits per heavy atom. The zero-order valence-corrected chi connectivity index (χ0v) is 19.5. The molecule has 1 amide bonds. The maximum atomic E-state index is 12.9. The van der Waals surface area contributed by atoms with Gasteiger partial charge in [0, 0.05) is 14.1 Å². The number of carbonyl (C=O) groups excluding carboxylic acids is 1. The third-order valence-corrected chi connectivity index (χ3v) is 5.78. The quantitative estimate of drug-likeness (QED) is 0.424. The van der Waals surface area contributed by atoms with E-state index in [0.717, 1.165) is 26.5 Å². The van der Waals surface area contributed by atoms with Gasteiger partial charge >= 0.3 is 5.69 Å². The normalized spacial score (nSPS) is 11.3. The van der Waals surface area contributed by atoms with Crippen LogP contribution in [-0.4, -0.2) is 38.1 Å². The van der Waals surface area contributed by atoms with E-state index in [4.69, 9.17) is 4.74 Å². The van der Waals surface area contributed by atoms with Crippen molar-refractivity contribution in [1.29, 1.82) is 0 Å². The average Bonchev–Trinajstić information content (AvgIpc) is 2.80. The molecule has 9 nitrogen and oxygen atoms in total. The predicted octanol–water partition coefficient (Wildman–Crippen LogP) is 2.56. The van der Waals surface area contributed by atoms with Gasteiger partial charge in [-0.3, -0.25) is 18.7 Å². The van der Waals surface area contributed by atoms with E-state index in [1.54, 1.807) is 36.4 Å². The Kier molecular flexibility index (Phi) is 7.39. The number of aryl methyl sites for hydroxylation is 1. The summed E-state index contributed by atoms with van der Waals surface area (Å²) < 4.78 is 7.09. The monoisotopic (exact) mass is 468 g/mol. The number of aliphatic imine (C=N–C) groups is 1. The molecule has 3 aromatic rings. The third kappa shape index (κ3) is 5.35. The van der Waals surface area contributed by atoms with Crippen LogP contribution in [0.15, 0.2) is 63.1 Å². The van der Waals surface area contributed by atoms with Crippen LogP contribution in [0.4, 0.5) is 11.4 Å². The second kappa shape index (κ2) is 10.2. The second-order valence-corrected chi connectivity index (χ2v) is 8.16. The molecular formula is C23H24N4O5S. The summed E-state index contributed by atoms with van der Waals surface area (Å²) in [6.07, 6.45) is 0. The molecule has 0 aliphatic rings. The number of para-hydroxylation sites is 2. The van der Waals surface area contributed by atoms with Crippen molar-refractivity contribution in [2.45, 2.75) is 6.92 Å². The summed E-state index contributed by atoms with van der Waals surface area (Å²) in [6.45, 7) is 1.90. The van der Waals surface area contributed by atoms with Gasteiger partial charge in [0.05, 0.1) is 24.2 Å². The summed E-state index contributed by atoms with van der Waals surface area (Å²) in [4.78, 5) is 42.2. The Labute approximate surface area is 194 Å². The number of rotatable bonds is 6. The van der Waals surface area contributed by atoms with Crippen LogP contribution in [0.25, 0.3) is 0 Å². The van der Waals surface area contributed by atoms with E-state index < -0.39 is 17.1 Å². The van der Waals surface area contributed by atoms with E-state index >= 15 is 0 Å². The Morgan fingerprint density at radius 1 is 1.12 bits per heavy atom. The van der Waals surface area contributed by atoms with Gasteiger partial charge < -0.3 is 15.2 Å². The molecule has 1 heterocycles. The first-order chi connectivity index (χ1) is 15.7. The lowest BCUT2D eigenvalue weighted by Crippen LogP contribution is -2.39. The number of thioether (sulfide) groups is 1. The van der Waals surface area contributed by atoms with Crippen LogP contribution in [0.1, 0.15) is 11.1 Å². The fraction of sp³-hybridized carbons (Fsp3) is 0.217. The molecule has 0 aliphatic heterocycles. The Bertz CT molecular complexity index is 1340. The van der Waals surface area contributed by atoms with Crippen molar-refractivity contribution in [3.63, 3.8) is 0 Å². The van der Waals surface area contributed by atoms with Crippen LogP contribution in [0.2, 0.25) is 0 Å². The number of hydrogen-bond donors (Lipinski definition) is 2. The van der Waals surface area contributed by atoms with Gasteiger partial charge in [-0.05, 0) is 36.8 Å². The molecule has 0 spiro atoms. The molecule has 0 bridgehead atoms. The van der Waals surface area contributed by atoms with Gasteiger partial charge in [-0.25, -0.2) is 9.79 Å². The van der Waals surface area contributed by atoms with Crippen LogP contribution in [0, 0.1) is 6.92 Å². The molecule has 0 aliphatic carbocycles. The SMILES string of the molecule is COc1ccccc1NC(=O)CSC(=Nc1cccc(C)c1)c1c(O)n(C)c(=O)n(C)c1=O. The van der Waals surface area contributed by atoms with Crippen molar-refractivity contribution in [3.8, 4) is 11.6 Å². The number of hydrogen-bond acceptors (Lipinski definition) is 7. The number of aromatic nitrogens is 2. The number of methoxy groups -OCH3 is 1. The predicted molar refractivity (Wildman–Crippen MR) is 130 cm³/mol. The first kappa shape index (κ1) is 23.9. The van der Waals surface area contributed by atoms with Crippen molar-refractivity contribution in [1.82, 2.24) is 9.13 Å². The molecule has 0 atom stereocenters. The number of nitrogens with one attached hydrogen (secondary N) is 1. The molecule has 10 heteroatoms. The standard InChI is InChI=1S/C23H24N4O5S/c1-14-8-7-9-15(12-14)24-20(19-21(29)26(2)23(31)27(3)22(19)30)33-13-18(28)25-16-10-5-6-11-17(16)32-4/h5-12,29H,13H2,1-4H3,(H,25,28). The maximum Gasteiger partial charge on any atom is 0.333 e. The first-order valence-electron chi connectivity index (χ1n) is 9.93. The summed E-state index contributed by atoms with van der Waals surface area (Å²) in [7, 11) is 4.17. The Balaban J connectivity index is 1.99. The molecular weight excluding hydrogens is 444 g/mol. The molecule has 1 aromatic heterocycles. The number of ether oxygens (including phenoxy) is 1. The van der Waals surface area contributed by atoms with Crippen LogP contribution in [-0.2, 0) is 18.9 Å². The summed E-state index contributed by atoms with van der Waals surface area (Å²) in [5, 5.41) is 13.5. The lowest BCUT2D eigenvalue weighted by molar-refractivity contribution is -0.113. The van der Waals surface area contributed by atoms with Gasteiger partial charge in [0.2, 0.25) is 11.8 Å². The van der Waals surface area contributed by atoms with E-state index in [9.17, 15) is 19.5 Å². The number of amides is 1. The van der Waals surface area contributed by atoms with Crippen molar-refractivity contribution in [2.24, 2.45) is 19.1 Å². The molecule has 0 fully saturated rings. The topological polar surface area (TPSA) is 115 Å². The molecule has 33 heavy (non-hydrogen) atoms. The van der Waals surface area contributed by atoms with E-state index in [-0.39, 0.29) is 22.3 Å². The molecule has 0 saturated carbocycles. The summed E-state index contributed by atoms with van der Waals surface area (Å²) in [6, 6.07) is 14.2. The van der Waals surface area contributed by atoms with Gasteiger partial charge in [0.15, 0.2) is 0 Å². The highest BCUT2D eigenvalue weighted by Crippen LogP contribution is 2.26. The number of anilines is 1. The van der Waals surface area contributed by atoms with Crippen molar-refractivity contribution in [2.75, 3.05) is 18.2 Å². The zero-order valence-electron chi connectivity index (χ0n) is 18.7. The van der Waals surface area contributed by atoms with Gasteiger partial charge in [-0.15, -0.1) is 0 Å². The molecule has 2 aromatic carbocycles. The minimum atomic E-state index is -0.709. The highest BCUT2D eigenvalue weighted by molar-refractivity contribution is 8.15. The molecule has 2 N–H and O–H groups in total. The largest absolute Gasteiger partial charge is 0.495 e. The third-order valence-electron chi connectivity index (χ3n) is 4.80. The highest BCUT2D eigenvalue weighted by atomic mass is 32.2. The van der Waals surface area contributed by atoms with Gasteiger partial charge in [0.25, 0.3) is 5.56 Å². The van der Waals surface area contributed by atoms with Crippen LogP contribution >= 0.6 is 11.8 Å².